The number of hydrogen-bond donors (Lipinski definition) is 0. The van der Waals surface area contributed by atoms with E-state index in [2.05, 4.69) is 0 Å². The summed E-state index contributed by atoms with van der Waals surface area (Å²) in [6.07, 6.45) is 8.10. The Hall–Kier alpha value is -1.51. The second-order valence-corrected chi connectivity index (χ2v) is 4.52. The summed E-state index contributed by atoms with van der Waals surface area (Å²) in [6, 6.07) is 3.78. The van der Waals surface area contributed by atoms with Crippen molar-refractivity contribution in [3.63, 3.8) is 0 Å². The lowest BCUT2D eigenvalue weighted by Gasteiger charge is -2.17. The number of carbonyl (C=O) groups excluding carboxylic acids is 1. The zero-order chi connectivity index (χ0) is 12.1. The number of carbonyl (C=O) groups is 1. The lowest BCUT2D eigenvalue weighted by atomic mass is 10.2. The van der Waals surface area contributed by atoms with E-state index in [1.807, 2.05) is 24.0 Å². The monoisotopic (exact) mass is 233 g/mol. The summed E-state index contributed by atoms with van der Waals surface area (Å²) in [4.78, 5) is 13.9. The number of rotatable bonds is 2. The fraction of sp³-hybridized carbons (Fsp3) is 0.500. The predicted octanol–water partition coefficient (Wildman–Crippen LogP) is 3.00. The van der Waals surface area contributed by atoms with Crippen molar-refractivity contribution in [3.8, 4) is 0 Å². The van der Waals surface area contributed by atoms with Crippen LogP contribution in [0, 0.1) is 6.92 Å². The number of hydrogen-bond acceptors (Lipinski definition) is 2. The fourth-order valence-electron chi connectivity index (χ4n) is 2.09. The maximum Gasteiger partial charge on any atom is 0.246 e. The Morgan fingerprint density at radius 2 is 1.94 bits per heavy atom. The van der Waals surface area contributed by atoms with Gasteiger partial charge in [-0.25, -0.2) is 0 Å². The van der Waals surface area contributed by atoms with Crippen LogP contribution in [0.15, 0.2) is 22.6 Å². The molecule has 0 atom stereocenters. The second kappa shape index (κ2) is 5.71. The fourth-order valence-corrected chi connectivity index (χ4v) is 2.09. The van der Waals surface area contributed by atoms with Crippen LogP contribution in [0.5, 0.6) is 0 Å². The maximum atomic E-state index is 11.9. The van der Waals surface area contributed by atoms with Gasteiger partial charge in [-0.05, 0) is 38.0 Å². The highest BCUT2D eigenvalue weighted by Crippen LogP contribution is 2.11. The Labute approximate surface area is 102 Å². The first kappa shape index (κ1) is 12.0. The quantitative estimate of drug-likeness (QED) is 0.736. The van der Waals surface area contributed by atoms with Crippen LogP contribution in [-0.2, 0) is 4.79 Å². The normalized spacial score (nSPS) is 17.4. The molecule has 3 heteroatoms. The Balaban J connectivity index is 1.93. The van der Waals surface area contributed by atoms with Crippen LogP contribution in [-0.4, -0.2) is 23.9 Å². The first-order valence-corrected chi connectivity index (χ1v) is 6.29. The van der Waals surface area contributed by atoms with Gasteiger partial charge in [0.05, 0.1) is 0 Å². The third-order valence-corrected chi connectivity index (χ3v) is 3.07. The molecule has 1 amide bonds. The molecular weight excluding hydrogens is 214 g/mol. The van der Waals surface area contributed by atoms with Crippen molar-refractivity contribution in [1.29, 1.82) is 0 Å². The van der Waals surface area contributed by atoms with Crippen LogP contribution in [0.1, 0.15) is 37.2 Å². The Morgan fingerprint density at radius 3 is 2.53 bits per heavy atom. The zero-order valence-electron chi connectivity index (χ0n) is 10.3. The van der Waals surface area contributed by atoms with E-state index in [1.54, 1.807) is 12.2 Å². The van der Waals surface area contributed by atoms with Crippen molar-refractivity contribution in [2.24, 2.45) is 0 Å². The molecule has 0 aromatic carbocycles. The number of amides is 1. The average molecular weight is 233 g/mol. The predicted molar refractivity (Wildman–Crippen MR) is 67.5 cm³/mol. The van der Waals surface area contributed by atoms with Gasteiger partial charge in [-0.15, -0.1) is 0 Å². The summed E-state index contributed by atoms with van der Waals surface area (Å²) < 4.78 is 5.39. The summed E-state index contributed by atoms with van der Waals surface area (Å²) >= 11 is 0. The van der Waals surface area contributed by atoms with E-state index in [-0.39, 0.29) is 5.91 Å². The van der Waals surface area contributed by atoms with Gasteiger partial charge in [0.2, 0.25) is 5.91 Å². The number of likely N-dealkylation sites (tertiary alicyclic amines) is 1. The molecule has 0 radical (unpaired) electrons. The van der Waals surface area contributed by atoms with E-state index in [1.165, 1.54) is 12.8 Å². The largest absolute Gasteiger partial charge is 0.462 e. The molecule has 0 saturated carbocycles. The van der Waals surface area contributed by atoms with E-state index in [0.29, 0.717) is 0 Å². The third kappa shape index (κ3) is 3.48. The van der Waals surface area contributed by atoms with Gasteiger partial charge in [-0.2, -0.15) is 0 Å². The van der Waals surface area contributed by atoms with E-state index >= 15 is 0 Å². The minimum Gasteiger partial charge on any atom is -0.462 e. The SMILES string of the molecule is Cc1ccc(/C=C/C(=O)N2CCCCCC2)o1. The Bertz CT molecular complexity index is 398. The molecule has 92 valence electrons. The minimum atomic E-state index is 0.0981. The molecule has 2 rings (SSSR count). The van der Waals surface area contributed by atoms with Gasteiger partial charge in [-0.3, -0.25) is 4.79 Å². The molecule has 3 nitrogen and oxygen atoms in total. The van der Waals surface area contributed by atoms with Gasteiger partial charge >= 0.3 is 0 Å². The van der Waals surface area contributed by atoms with Crippen LogP contribution in [0.2, 0.25) is 0 Å². The molecule has 1 aliphatic heterocycles. The van der Waals surface area contributed by atoms with Gasteiger partial charge in [0, 0.05) is 19.2 Å². The zero-order valence-corrected chi connectivity index (χ0v) is 10.3. The summed E-state index contributed by atoms with van der Waals surface area (Å²) in [5, 5.41) is 0. The lowest BCUT2D eigenvalue weighted by molar-refractivity contribution is -0.125. The average Bonchev–Trinajstić information content (AvgIpc) is 2.58. The second-order valence-electron chi connectivity index (χ2n) is 4.52. The summed E-state index contributed by atoms with van der Waals surface area (Å²) in [7, 11) is 0. The van der Waals surface area contributed by atoms with Gasteiger partial charge in [0.15, 0.2) is 0 Å². The molecule has 0 unspecified atom stereocenters. The highest BCUT2D eigenvalue weighted by Gasteiger charge is 2.12. The van der Waals surface area contributed by atoms with Crippen molar-refractivity contribution < 1.29 is 9.21 Å². The van der Waals surface area contributed by atoms with Gasteiger partial charge in [0.1, 0.15) is 11.5 Å². The molecule has 0 N–H and O–H groups in total. The molecule has 1 aliphatic rings. The van der Waals surface area contributed by atoms with E-state index < -0.39 is 0 Å². The molecule has 1 aromatic heterocycles. The third-order valence-electron chi connectivity index (χ3n) is 3.07. The molecule has 2 heterocycles. The summed E-state index contributed by atoms with van der Waals surface area (Å²) in [5.74, 6) is 1.71. The highest BCUT2D eigenvalue weighted by atomic mass is 16.3. The van der Waals surface area contributed by atoms with Crippen LogP contribution in [0.3, 0.4) is 0 Å². The number of furan rings is 1. The van der Waals surface area contributed by atoms with Gasteiger partial charge in [0.25, 0.3) is 0 Å². The van der Waals surface area contributed by atoms with Crippen LogP contribution < -0.4 is 0 Å². The van der Waals surface area contributed by atoms with E-state index in [0.717, 1.165) is 37.5 Å². The first-order valence-electron chi connectivity index (χ1n) is 6.29. The molecule has 1 aromatic rings. The van der Waals surface area contributed by atoms with Crippen LogP contribution in [0.4, 0.5) is 0 Å². The number of aryl methyl sites for hydroxylation is 1. The van der Waals surface area contributed by atoms with Gasteiger partial charge < -0.3 is 9.32 Å². The highest BCUT2D eigenvalue weighted by molar-refractivity contribution is 5.91. The smallest absolute Gasteiger partial charge is 0.246 e. The molecule has 1 saturated heterocycles. The van der Waals surface area contributed by atoms with Crippen molar-refractivity contribution >= 4 is 12.0 Å². The van der Waals surface area contributed by atoms with Crippen molar-refractivity contribution in [1.82, 2.24) is 4.90 Å². The molecule has 1 fully saturated rings. The first-order chi connectivity index (χ1) is 8.25. The molecule has 0 bridgehead atoms. The van der Waals surface area contributed by atoms with Crippen LogP contribution in [0.25, 0.3) is 6.08 Å². The molecule has 0 aliphatic carbocycles. The summed E-state index contributed by atoms with van der Waals surface area (Å²) in [5.41, 5.74) is 0. The molecular formula is C14H19NO2. The lowest BCUT2D eigenvalue weighted by Crippen LogP contribution is -2.30. The Kier molecular flexibility index (Phi) is 4.02. The topological polar surface area (TPSA) is 33.5 Å². The molecule has 0 spiro atoms. The summed E-state index contributed by atoms with van der Waals surface area (Å²) in [6.45, 7) is 3.68. The van der Waals surface area contributed by atoms with E-state index in [4.69, 9.17) is 4.42 Å². The Morgan fingerprint density at radius 1 is 1.24 bits per heavy atom. The molecule has 17 heavy (non-hydrogen) atoms. The van der Waals surface area contributed by atoms with Crippen molar-refractivity contribution in [2.45, 2.75) is 32.6 Å². The van der Waals surface area contributed by atoms with Crippen molar-refractivity contribution in [2.75, 3.05) is 13.1 Å². The van der Waals surface area contributed by atoms with Crippen LogP contribution >= 0.6 is 0 Å². The number of nitrogens with zero attached hydrogens (tertiary/aromatic N) is 1. The minimum absolute atomic E-state index is 0.0981. The van der Waals surface area contributed by atoms with Crippen molar-refractivity contribution in [3.05, 3.63) is 29.7 Å². The van der Waals surface area contributed by atoms with E-state index in [9.17, 15) is 4.79 Å². The standard InChI is InChI=1S/C14H19NO2/c1-12-6-7-13(17-12)8-9-14(16)15-10-4-2-3-5-11-15/h6-9H,2-5,10-11H2,1H3/b9-8+. The van der Waals surface area contributed by atoms with Gasteiger partial charge in [-0.1, -0.05) is 12.8 Å². The maximum absolute atomic E-state index is 11.9.